The average molecular weight is 317 g/mol. The van der Waals surface area contributed by atoms with E-state index in [1.54, 1.807) is 19.4 Å². The van der Waals surface area contributed by atoms with E-state index < -0.39 is 0 Å². The maximum absolute atomic E-state index is 12.7. The van der Waals surface area contributed by atoms with Crippen LogP contribution in [0.3, 0.4) is 0 Å². The maximum atomic E-state index is 12.7. The predicted octanol–water partition coefficient (Wildman–Crippen LogP) is 3.61. The van der Waals surface area contributed by atoms with Gasteiger partial charge in [0.15, 0.2) is 0 Å². The van der Waals surface area contributed by atoms with Crippen LogP contribution in [-0.2, 0) is 0 Å². The van der Waals surface area contributed by atoms with Crippen molar-refractivity contribution in [1.82, 2.24) is 4.90 Å². The van der Waals surface area contributed by atoms with Crippen LogP contribution in [0.25, 0.3) is 0 Å². The first-order valence-electron chi connectivity index (χ1n) is 7.36. The molecule has 2 heterocycles. The monoisotopic (exact) mass is 317 g/mol. The van der Waals surface area contributed by atoms with Crippen molar-refractivity contribution >= 4 is 17.7 Å². The average Bonchev–Trinajstić information content (AvgIpc) is 2.99. The van der Waals surface area contributed by atoms with Crippen molar-refractivity contribution in [3.05, 3.63) is 54.0 Å². The highest BCUT2D eigenvalue weighted by Crippen LogP contribution is 2.34. The van der Waals surface area contributed by atoms with Crippen molar-refractivity contribution in [2.24, 2.45) is 0 Å². The van der Waals surface area contributed by atoms with E-state index in [1.807, 2.05) is 47.0 Å². The van der Waals surface area contributed by atoms with Gasteiger partial charge in [-0.15, -0.1) is 11.8 Å². The summed E-state index contributed by atoms with van der Waals surface area (Å²) in [5.41, 5.74) is 0.681. The lowest BCUT2D eigenvalue weighted by Crippen LogP contribution is -2.32. The smallest absolute Gasteiger partial charge is 0.254 e. The number of hydrogen-bond donors (Lipinski definition) is 0. The minimum atomic E-state index is 0.0691. The zero-order valence-electron chi connectivity index (χ0n) is 12.5. The van der Waals surface area contributed by atoms with Gasteiger partial charge in [-0.2, -0.15) is 0 Å². The van der Waals surface area contributed by atoms with Gasteiger partial charge >= 0.3 is 0 Å². The van der Waals surface area contributed by atoms with Gasteiger partial charge in [0.05, 0.1) is 18.6 Å². The molecule has 0 N–H and O–H groups in total. The number of amides is 1. The second kappa shape index (κ2) is 6.92. The molecule has 1 fully saturated rings. The molecule has 2 aromatic rings. The van der Waals surface area contributed by atoms with E-state index in [-0.39, 0.29) is 5.91 Å². The van der Waals surface area contributed by atoms with Crippen LogP contribution in [0.4, 0.5) is 0 Å². The van der Waals surface area contributed by atoms with Crippen molar-refractivity contribution in [1.29, 1.82) is 0 Å². The normalized spacial score (nSPS) is 18.8. The minimum Gasteiger partial charge on any atom is -0.497 e. The van der Waals surface area contributed by atoms with Crippen molar-refractivity contribution in [2.45, 2.75) is 11.7 Å². The van der Waals surface area contributed by atoms with E-state index in [0.29, 0.717) is 16.6 Å². The highest BCUT2D eigenvalue weighted by atomic mass is 32.2. The van der Waals surface area contributed by atoms with Crippen LogP contribution >= 0.6 is 11.8 Å². The summed E-state index contributed by atoms with van der Waals surface area (Å²) in [7, 11) is 1.61. The number of rotatable bonds is 3. The van der Waals surface area contributed by atoms with E-state index in [4.69, 9.17) is 9.15 Å². The Morgan fingerprint density at radius 1 is 1.32 bits per heavy atom. The number of thioether (sulfide) groups is 1. The molecular formula is C17H19NO3S. The van der Waals surface area contributed by atoms with E-state index in [0.717, 1.165) is 31.0 Å². The first-order chi connectivity index (χ1) is 10.8. The number of methoxy groups -OCH3 is 1. The predicted molar refractivity (Wildman–Crippen MR) is 87.4 cm³/mol. The topological polar surface area (TPSA) is 42.7 Å². The second-order valence-corrected chi connectivity index (χ2v) is 6.50. The van der Waals surface area contributed by atoms with Gasteiger partial charge < -0.3 is 14.1 Å². The highest BCUT2D eigenvalue weighted by molar-refractivity contribution is 7.99. The Balaban J connectivity index is 1.68. The lowest BCUT2D eigenvalue weighted by Gasteiger charge is -2.20. The number of carbonyl (C=O) groups excluding carboxylic acids is 1. The van der Waals surface area contributed by atoms with Gasteiger partial charge in [0.25, 0.3) is 5.91 Å². The van der Waals surface area contributed by atoms with Gasteiger partial charge in [-0.3, -0.25) is 4.79 Å². The Bertz CT molecular complexity index is 627. The molecule has 22 heavy (non-hydrogen) atoms. The summed E-state index contributed by atoms with van der Waals surface area (Å²) in [5, 5.41) is 0.332. The van der Waals surface area contributed by atoms with E-state index in [1.165, 1.54) is 0 Å². The Morgan fingerprint density at radius 3 is 3.00 bits per heavy atom. The van der Waals surface area contributed by atoms with E-state index >= 15 is 0 Å². The maximum Gasteiger partial charge on any atom is 0.254 e. The molecule has 1 aliphatic rings. The molecule has 1 aromatic carbocycles. The summed E-state index contributed by atoms with van der Waals surface area (Å²) in [6.07, 6.45) is 2.62. The Morgan fingerprint density at radius 2 is 2.23 bits per heavy atom. The first kappa shape index (κ1) is 15.0. The molecular weight excluding hydrogens is 298 g/mol. The van der Waals surface area contributed by atoms with Crippen molar-refractivity contribution < 1.29 is 13.9 Å². The molecule has 0 saturated carbocycles. The standard InChI is InChI=1S/C17H19NO3S/c1-20-14-5-2-4-13(12-14)17(19)18-8-7-16(22-11-9-18)15-6-3-10-21-15/h2-6,10,12,16H,7-9,11H2,1H3. The first-order valence-corrected chi connectivity index (χ1v) is 8.41. The van der Waals surface area contributed by atoms with Crippen molar-refractivity contribution in [2.75, 3.05) is 26.0 Å². The summed E-state index contributed by atoms with van der Waals surface area (Å²) >= 11 is 1.85. The molecule has 116 valence electrons. The fourth-order valence-electron chi connectivity index (χ4n) is 2.61. The molecule has 1 aliphatic heterocycles. The molecule has 5 heteroatoms. The summed E-state index contributed by atoms with van der Waals surface area (Å²) < 4.78 is 10.7. The third-order valence-electron chi connectivity index (χ3n) is 3.81. The molecule has 4 nitrogen and oxygen atoms in total. The Hall–Kier alpha value is -1.88. The van der Waals surface area contributed by atoms with Gasteiger partial charge in [-0.25, -0.2) is 0 Å². The zero-order chi connectivity index (χ0) is 15.4. The van der Waals surface area contributed by atoms with Crippen molar-refractivity contribution in [3.8, 4) is 5.75 Å². The van der Waals surface area contributed by atoms with Gasteiger partial charge in [0.1, 0.15) is 11.5 Å². The molecule has 0 radical (unpaired) electrons. The van der Waals surface area contributed by atoms with Crippen LogP contribution in [-0.4, -0.2) is 36.8 Å². The van der Waals surface area contributed by atoms with Gasteiger partial charge in [-0.1, -0.05) is 6.07 Å². The number of ether oxygens (including phenoxy) is 1. The number of benzene rings is 1. The van der Waals surface area contributed by atoms with Gasteiger partial charge in [0.2, 0.25) is 0 Å². The van der Waals surface area contributed by atoms with Crippen LogP contribution in [0.15, 0.2) is 47.1 Å². The van der Waals surface area contributed by atoms with Crippen LogP contribution in [0.2, 0.25) is 0 Å². The Labute approximate surface area is 134 Å². The molecule has 0 aliphatic carbocycles. The molecule has 0 bridgehead atoms. The number of hydrogen-bond acceptors (Lipinski definition) is 4. The summed E-state index contributed by atoms with van der Waals surface area (Å²) in [6.45, 7) is 1.51. The lowest BCUT2D eigenvalue weighted by molar-refractivity contribution is 0.0765. The fraction of sp³-hybridized carbons (Fsp3) is 0.353. The molecule has 3 rings (SSSR count). The quantitative estimate of drug-likeness (QED) is 0.867. The fourth-order valence-corrected chi connectivity index (χ4v) is 3.79. The molecule has 1 aromatic heterocycles. The molecule has 1 unspecified atom stereocenters. The number of nitrogens with zero attached hydrogens (tertiary/aromatic N) is 1. The summed E-state index contributed by atoms with van der Waals surface area (Å²) in [4.78, 5) is 14.6. The molecule has 0 spiro atoms. The largest absolute Gasteiger partial charge is 0.497 e. The molecule has 1 amide bonds. The number of carbonyl (C=O) groups is 1. The molecule has 1 atom stereocenters. The van der Waals surface area contributed by atoms with Gasteiger partial charge in [-0.05, 0) is 36.8 Å². The van der Waals surface area contributed by atoms with E-state index in [9.17, 15) is 4.79 Å². The Kier molecular flexibility index (Phi) is 4.73. The van der Waals surface area contributed by atoms with Crippen LogP contribution in [0.1, 0.15) is 27.8 Å². The van der Waals surface area contributed by atoms with Crippen molar-refractivity contribution in [3.63, 3.8) is 0 Å². The minimum absolute atomic E-state index is 0.0691. The zero-order valence-corrected chi connectivity index (χ0v) is 13.3. The SMILES string of the molecule is COc1cccc(C(=O)N2CCSC(c3ccco3)CC2)c1. The number of furan rings is 1. The second-order valence-electron chi connectivity index (χ2n) is 5.19. The van der Waals surface area contributed by atoms with Gasteiger partial charge in [0, 0.05) is 24.4 Å². The van der Waals surface area contributed by atoms with Crippen LogP contribution in [0.5, 0.6) is 5.75 Å². The third-order valence-corrected chi connectivity index (χ3v) is 5.09. The van der Waals surface area contributed by atoms with Crippen LogP contribution in [0, 0.1) is 0 Å². The summed E-state index contributed by atoms with van der Waals surface area (Å²) in [6, 6.07) is 11.3. The molecule has 1 saturated heterocycles. The lowest BCUT2D eigenvalue weighted by atomic mass is 10.1. The third kappa shape index (κ3) is 3.30. The highest BCUT2D eigenvalue weighted by Gasteiger charge is 2.24. The van der Waals surface area contributed by atoms with Crippen LogP contribution < -0.4 is 4.74 Å². The summed E-state index contributed by atoms with van der Waals surface area (Å²) in [5.74, 6) is 2.70. The van der Waals surface area contributed by atoms with E-state index in [2.05, 4.69) is 0 Å².